The molecule has 3 aromatic rings. The van der Waals surface area contributed by atoms with Crippen molar-refractivity contribution in [2.24, 2.45) is 0 Å². The number of aromatic nitrogens is 3. The summed E-state index contributed by atoms with van der Waals surface area (Å²) in [5.74, 6) is 1.99. The molecular formula is C30H38N4O3S. The molecule has 4 rings (SSSR count). The van der Waals surface area contributed by atoms with Gasteiger partial charge in [-0.1, -0.05) is 56.3 Å². The maximum absolute atomic E-state index is 13.3. The molecule has 2 aromatic carbocycles. The largest absolute Gasteiger partial charge is 0.489 e. The minimum atomic E-state index is -0.445. The van der Waals surface area contributed by atoms with Gasteiger partial charge in [-0.25, -0.2) is 9.48 Å². The second-order valence-corrected chi connectivity index (χ2v) is 10.8. The van der Waals surface area contributed by atoms with Gasteiger partial charge in [-0.15, -0.1) is 5.10 Å². The molecule has 1 atom stereocenters. The van der Waals surface area contributed by atoms with Gasteiger partial charge in [0.25, 0.3) is 0 Å². The van der Waals surface area contributed by atoms with Crippen LogP contribution in [0.25, 0.3) is 0 Å². The lowest BCUT2D eigenvalue weighted by Gasteiger charge is -2.28. The van der Waals surface area contributed by atoms with Crippen molar-refractivity contribution < 1.29 is 14.3 Å². The second kappa shape index (κ2) is 12.5. The van der Waals surface area contributed by atoms with E-state index in [1.54, 1.807) is 16.4 Å². The Kier molecular flexibility index (Phi) is 9.15. The number of benzene rings is 2. The van der Waals surface area contributed by atoms with E-state index in [0.717, 1.165) is 42.0 Å². The summed E-state index contributed by atoms with van der Waals surface area (Å²) >= 11 is 1.61. The van der Waals surface area contributed by atoms with Crippen LogP contribution in [0.15, 0.2) is 52.8 Å². The van der Waals surface area contributed by atoms with Crippen molar-refractivity contribution in [1.82, 2.24) is 14.8 Å². The fourth-order valence-electron chi connectivity index (χ4n) is 4.43. The lowest BCUT2D eigenvalue weighted by molar-refractivity contribution is -0.139. The van der Waals surface area contributed by atoms with E-state index in [4.69, 9.17) is 14.6 Å². The van der Waals surface area contributed by atoms with Gasteiger partial charge in [-0.05, 0) is 80.5 Å². The fourth-order valence-corrected chi connectivity index (χ4v) is 5.11. The first-order valence-corrected chi connectivity index (χ1v) is 14.3. The summed E-state index contributed by atoms with van der Waals surface area (Å²) in [6.45, 7) is 13.4. The van der Waals surface area contributed by atoms with Crippen molar-refractivity contribution in [2.75, 3.05) is 17.7 Å². The number of hydrogen-bond acceptors (Lipinski definition) is 7. The maximum atomic E-state index is 13.3. The van der Waals surface area contributed by atoms with E-state index in [9.17, 15) is 4.79 Å². The minimum absolute atomic E-state index is 0.331. The van der Waals surface area contributed by atoms with Crippen molar-refractivity contribution >= 4 is 23.7 Å². The molecule has 38 heavy (non-hydrogen) atoms. The molecule has 7 nitrogen and oxygen atoms in total. The summed E-state index contributed by atoms with van der Waals surface area (Å²) in [5, 5.41) is 8.73. The number of anilines is 1. The standard InChI is InChI=1S/C30H38N4O3S/c1-7-9-14-36-28(35)26-22(6)31-29-32-30(38-15-8-2)33-34(29)27(26)23-10-12-25(13-11-23)37-18-24-17-20(4)19(3)16-21(24)5/h10-13,16-17,27H,7-9,14-15,18H2,1-6H3,(H,31,32,33). The molecule has 202 valence electrons. The zero-order valence-corrected chi connectivity index (χ0v) is 24.1. The van der Waals surface area contributed by atoms with Gasteiger partial charge in [0.2, 0.25) is 11.1 Å². The van der Waals surface area contributed by atoms with Crippen molar-refractivity contribution in [1.29, 1.82) is 0 Å². The zero-order chi connectivity index (χ0) is 27.2. The third kappa shape index (κ3) is 6.23. The van der Waals surface area contributed by atoms with Gasteiger partial charge in [0, 0.05) is 11.4 Å². The molecule has 2 heterocycles. The predicted octanol–water partition coefficient (Wildman–Crippen LogP) is 6.92. The van der Waals surface area contributed by atoms with Crippen molar-refractivity contribution in [2.45, 2.75) is 78.6 Å². The molecule has 0 bridgehead atoms. The first kappa shape index (κ1) is 27.8. The first-order chi connectivity index (χ1) is 18.3. The highest BCUT2D eigenvalue weighted by Crippen LogP contribution is 2.37. The lowest BCUT2D eigenvalue weighted by atomic mass is 9.95. The molecule has 0 radical (unpaired) electrons. The molecule has 0 saturated heterocycles. The number of carbonyl (C=O) groups is 1. The summed E-state index contributed by atoms with van der Waals surface area (Å²) in [6, 6.07) is 11.8. The Morgan fingerprint density at radius 2 is 1.76 bits per heavy atom. The summed E-state index contributed by atoms with van der Waals surface area (Å²) in [7, 11) is 0. The highest BCUT2D eigenvalue weighted by atomic mass is 32.2. The predicted molar refractivity (Wildman–Crippen MR) is 153 cm³/mol. The molecule has 1 aromatic heterocycles. The molecular weight excluding hydrogens is 496 g/mol. The fraction of sp³-hybridized carbons (Fsp3) is 0.433. The van der Waals surface area contributed by atoms with Gasteiger partial charge in [0.05, 0.1) is 12.2 Å². The zero-order valence-electron chi connectivity index (χ0n) is 23.3. The third-order valence-corrected chi connectivity index (χ3v) is 7.81. The highest BCUT2D eigenvalue weighted by molar-refractivity contribution is 7.99. The van der Waals surface area contributed by atoms with E-state index in [1.807, 2.05) is 31.2 Å². The molecule has 1 unspecified atom stereocenters. The number of carbonyl (C=O) groups excluding carboxylic acids is 1. The number of unbranched alkanes of at least 4 members (excludes halogenated alkanes) is 1. The normalized spacial score (nSPS) is 14.7. The average Bonchev–Trinajstić information content (AvgIpc) is 3.30. The number of allylic oxidation sites excluding steroid dienone is 1. The molecule has 0 saturated carbocycles. The molecule has 0 fully saturated rings. The lowest BCUT2D eigenvalue weighted by Crippen LogP contribution is -2.29. The summed E-state index contributed by atoms with van der Waals surface area (Å²) in [6.07, 6.45) is 2.82. The Labute approximate surface area is 230 Å². The number of fused-ring (bicyclic) bond motifs is 1. The highest BCUT2D eigenvalue weighted by Gasteiger charge is 2.35. The Morgan fingerprint density at radius 3 is 2.47 bits per heavy atom. The Hall–Kier alpha value is -3.26. The Morgan fingerprint density at radius 1 is 1.03 bits per heavy atom. The topological polar surface area (TPSA) is 78.3 Å². The number of nitrogens with zero attached hydrogens (tertiary/aromatic N) is 3. The number of nitrogens with one attached hydrogen (secondary N) is 1. The third-order valence-electron chi connectivity index (χ3n) is 6.76. The van der Waals surface area contributed by atoms with Crippen LogP contribution in [0, 0.1) is 20.8 Å². The molecule has 1 aliphatic rings. The van der Waals surface area contributed by atoms with Crippen LogP contribution in [-0.4, -0.2) is 33.1 Å². The van der Waals surface area contributed by atoms with Crippen LogP contribution < -0.4 is 10.1 Å². The van der Waals surface area contributed by atoms with E-state index in [1.165, 1.54) is 22.3 Å². The molecule has 1 aliphatic heterocycles. The number of esters is 1. The first-order valence-electron chi connectivity index (χ1n) is 13.4. The van der Waals surface area contributed by atoms with Crippen molar-refractivity contribution in [3.05, 3.63) is 75.5 Å². The van der Waals surface area contributed by atoms with E-state index in [0.29, 0.717) is 29.9 Å². The van der Waals surface area contributed by atoms with Gasteiger partial charge in [0.1, 0.15) is 18.4 Å². The van der Waals surface area contributed by atoms with Crippen LogP contribution in [0.1, 0.15) is 73.9 Å². The number of rotatable bonds is 11. The molecule has 0 spiro atoms. The van der Waals surface area contributed by atoms with E-state index in [2.05, 4.69) is 57.1 Å². The van der Waals surface area contributed by atoms with Gasteiger partial charge >= 0.3 is 5.97 Å². The maximum Gasteiger partial charge on any atom is 0.338 e. The Balaban J connectivity index is 1.61. The smallest absolute Gasteiger partial charge is 0.338 e. The van der Waals surface area contributed by atoms with Crippen LogP contribution in [0.3, 0.4) is 0 Å². The average molecular weight is 535 g/mol. The minimum Gasteiger partial charge on any atom is -0.489 e. The summed E-state index contributed by atoms with van der Waals surface area (Å²) in [4.78, 5) is 17.9. The Bertz CT molecular complexity index is 1310. The second-order valence-electron chi connectivity index (χ2n) is 9.79. The quantitative estimate of drug-likeness (QED) is 0.163. The number of thioether (sulfide) groups is 1. The van der Waals surface area contributed by atoms with Crippen LogP contribution in [-0.2, 0) is 16.1 Å². The number of aryl methyl sites for hydroxylation is 3. The van der Waals surface area contributed by atoms with Gasteiger partial charge in [0.15, 0.2) is 0 Å². The van der Waals surface area contributed by atoms with E-state index >= 15 is 0 Å². The van der Waals surface area contributed by atoms with E-state index in [-0.39, 0.29) is 5.97 Å². The molecule has 0 amide bonds. The van der Waals surface area contributed by atoms with Crippen LogP contribution in [0.5, 0.6) is 5.75 Å². The van der Waals surface area contributed by atoms with Gasteiger partial charge in [-0.3, -0.25) is 0 Å². The number of hydrogen-bond donors (Lipinski definition) is 1. The molecule has 1 N–H and O–H groups in total. The van der Waals surface area contributed by atoms with Crippen molar-refractivity contribution in [3.8, 4) is 5.75 Å². The van der Waals surface area contributed by atoms with Gasteiger partial charge < -0.3 is 14.8 Å². The summed E-state index contributed by atoms with van der Waals surface area (Å²) in [5.41, 5.74) is 7.14. The molecule has 0 aliphatic carbocycles. The van der Waals surface area contributed by atoms with Gasteiger partial charge in [-0.2, -0.15) is 4.98 Å². The van der Waals surface area contributed by atoms with Crippen LogP contribution >= 0.6 is 11.8 Å². The van der Waals surface area contributed by atoms with E-state index < -0.39 is 6.04 Å². The van der Waals surface area contributed by atoms with Crippen LogP contribution in [0.2, 0.25) is 0 Å². The number of ether oxygens (including phenoxy) is 2. The van der Waals surface area contributed by atoms with Crippen molar-refractivity contribution in [3.63, 3.8) is 0 Å². The molecule has 8 heteroatoms. The summed E-state index contributed by atoms with van der Waals surface area (Å²) < 4.78 is 13.6. The monoisotopic (exact) mass is 534 g/mol. The SMILES string of the molecule is CCCCOC(=O)C1=C(C)Nc2nc(SCCC)nn2C1c1ccc(OCc2cc(C)c(C)cc2C)cc1. The van der Waals surface area contributed by atoms with Crippen LogP contribution in [0.4, 0.5) is 5.95 Å².